The van der Waals surface area contributed by atoms with E-state index in [2.05, 4.69) is 9.97 Å². The lowest BCUT2D eigenvalue weighted by atomic mass is 10.2. The molecule has 3 rings (SSSR count). The summed E-state index contributed by atoms with van der Waals surface area (Å²) in [5, 5.41) is 10.2. The second-order valence-electron chi connectivity index (χ2n) is 4.25. The van der Waals surface area contributed by atoms with E-state index in [1.54, 1.807) is 30.5 Å². The van der Waals surface area contributed by atoms with Crippen LogP contribution in [0.4, 0.5) is 4.39 Å². The summed E-state index contributed by atoms with van der Waals surface area (Å²) >= 11 is 1.02. The number of hydrogen-bond donors (Lipinski definition) is 1. The fourth-order valence-electron chi connectivity index (χ4n) is 1.83. The number of halogens is 1. The van der Waals surface area contributed by atoms with Gasteiger partial charge in [-0.05, 0) is 24.3 Å². The summed E-state index contributed by atoms with van der Waals surface area (Å²) in [6.07, 6.45) is 2.98. The van der Waals surface area contributed by atoms with Crippen molar-refractivity contribution in [2.75, 3.05) is 0 Å². The molecular weight excluding hydrogens is 291 g/mol. The van der Waals surface area contributed by atoms with Gasteiger partial charge < -0.3 is 5.11 Å². The number of benzene rings is 1. The van der Waals surface area contributed by atoms with E-state index in [0.29, 0.717) is 16.1 Å². The van der Waals surface area contributed by atoms with Crippen LogP contribution in [0.1, 0.15) is 15.2 Å². The molecule has 0 saturated carbocycles. The van der Waals surface area contributed by atoms with E-state index in [9.17, 15) is 14.3 Å². The molecular formula is C15H9FN2O2S. The second-order valence-corrected chi connectivity index (χ2v) is 5.25. The van der Waals surface area contributed by atoms with Crippen LogP contribution in [0.2, 0.25) is 0 Å². The molecule has 21 heavy (non-hydrogen) atoms. The third-order valence-electron chi connectivity index (χ3n) is 2.81. The number of pyridine rings is 1. The van der Waals surface area contributed by atoms with E-state index in [-0.39, 0.29) is 16.5 Å². The Hall–Kier alpha value is -2.60. The van der Waals surface area contributed by atoms with Crippen LogP contribution < -0.4 is 0 Å². The summed E-state index contributed by atoms with van der Waals surface area (Å²) in [7, 11) is 0. The van der Waals surface area contributed by atoms with E-state index in [0.717, 1.165) is 11.3 Å². The quantitative estimate of drug-likeness (QED) is 0.754. The Morgan fingerprint density at radius 1 is 1.24 bits per heavy atom. The van der Waals surface area contributed by atoms with Crippen molar-refractivity contribution in [3.05, 3.63) is 65.0 Å². The Kier molecular flexibility index (Phi) is 3.45. The molecule has 0 radical (unpaired) electrons. The molecule has 0 aliphatic heterocycles. The van der Waals surface area contributed by atoms with Gasteiger partial charge in [-0.1, -0.05) is 12.1 Å². The van der Waals surface area contributed by atoms with Crippen molar-refractivity contribution < 1.29 is 14.3 Å². The number of nitrogens with zero attached hydrogens (tertiary/aromatic N) is 2. The van der Waals surface area contributed by atoms with E-state index in [1.807, 2.05) is 0 Å². The maximum Gasteiger partial charge on any atom is 0.234 e. The van der Waals surface area contributed by atoms with Crippen molar-refractivity contribution in [1.29, 1.82) is 0 Å². The summed E-state index contributed by atoms with van der Waals surface area (Å²) in [4.78, 5) is 20.2. The predicted molar refractivity (Wildman–Crippen MR) is 76.8 cm³/mol. The van der Waals surface area contributed by atoms with Crippen LogP contribution in [0.5, 0.6) is 5.88 Å². The summed E-state index contributed by atoms with van der Waals surface area (Å²) < 4.78 is 13.2. The average Bonchev–Trinajstić information content (AvgIpc) is 2.89. The highest BCUT2D eigenvalue weighted by atomic mass is 32.1. The number of thiazole rings is 1. The number of carbonyl (C=O) groups is 1. The molecule has 0 spiro atoms. The molecule has 0 amide bonds. The number of aromatic hydroxyl groups is 1. The fraction of sp³-hybridized carbons (Fsp3) is 0. The molecule has 0 bridgehead atoms. The zero-order valence-corrected chi connectivity index (χ0v) is 11.5. The zero-order chi connectivity index (χ0) is 14.8. The van der Waals surface area contributed by atoms with Gasteiger partial charge in [-0.3, -0.25) is 9.78 Å². The van der Waals surface area contributed by atoms with E-state index in [1.165, 1.54) is 18.3 Å². The molecule has 6 heteroatoms. The van der Waals surface area contributed by atoms with Crippen molar-refractivity contribution >= 4 is 17.1 Å². The minimum Gasteiger partial charge on any atom is -0.492 e. The molecule has 0 aliphatic rings. The van der Waals surface area contributed by atoms with Crippen LogP contribution in [-0.2, 0) is 0 Å². The lowest BCUT2D eigenvalue weighted by Crippen LogP contribution is -1.99. The van der Waals surface area contributed by atoms with Crippen molar-refractivity contribution in [3.63, 3.8) is 0 Å². The Bertz CT molecular complexity index is 802. The van der Waals surface area contributed by atoms with E-state index >= 15 is 0 Å². The van der Waals surface area contributed by atoms with Gasteiger partial charge in [0, 0.05) is 23.5 Å². The predicted octanol–water partition coefficient (Wildman–Crippen LogP) is 3.28. The molecule has 0 saturated heterocycles. The van der Waals surface area contributed by atoms with Crippen LogP contribution in [0.15, 0.2) is 48.8 Å². The molecule has 3 aromatic rings. The lowest BCUT2D eigenvalue weighted by Gasteiger charge is -1.96. The highest BCUT2D eigenvalue weighted by molar-refractivity contribution is 7.17. The highest BCUT2D eigenvalue weighted by Crippen LogP contribution is 2.33. The Morgan fingerprint density at radius 3 is 2.81 bits per heavy atom. The number of rotatable bonds is 3. The lowest BCUT2D eigenvalue weighted by molar-refractivity contribution is 0.103. The van der Waals surface area contributed by atoms with Crippen LogP contribution in [0.25, 0.3) is 10.6 Å². The Labute approximate surface area is 123 Å². The van der Waals surface area contributed by atoms with Gasteiger partial charge in [-0.2, -0.15) is 0 Å². The van der Waals surface area contributed by atoms with Crippen LogP contribution >= 0.6 is 11.3 Å². The molecule has 0 fully saturated rings. The minimum atomic E-state index is -0.401. The molecule has 0 unspecified atom stereocenters. The SMILES string of the molecule is O=C(c1cccnc1)c1sc(-c2cccc(F)c2)nc1O. The Morgan fingerprint density at radius 2 is 2.10 bits per heavy atom. The first-order chi connectivity index (χ1) is 10.1. The standard InChI is InChI=1S/C15H9FN2O2S/c16-11-5-1-3-9(7-11)15-18-14(20)13(21-15)12(19)10-4-2-6-17-8-10/h1-8,20H. The second kappa shape index (κ2) is 5.41. The number of ketones is 1. The van der Waals surface area contributed by atoms with Gasteiger partial charge in [0.05, 0.1) is 0 Å². The topological polar surface area (TPSA) is 63.1 Å². The van der Waals surface area contributed by atoms with Gasteiger partial charge >= 0.3 is 0 Å². The Balaban J connectivity index is 2.01. The maximum absolute atomic E-state index is 13.2. The van der Waals surface area contributed by atoms with E-state index in [4.69, 9.17) is 0 Å². The summed E-state index contributed by atoms with van der Waals surface area (Å²) in [6, 6.07) is 9.08. The molecule has 4 nitrogen and oxygen atoms in total. The third kappa shape index (κ3) is 2.66. The first kappa shape index (κ1) is 13.4. The smallest absolute Gasteiger partial charge is 0.234 e. The van der Waals surface area contributed by atoms with Crippen molar-refractivity contribution in [2.24, 2.45) is 0 Å². The molecule has 1 N–H and O–H groups in total. The highest BCUT2D eigenvalue weighted by Gasteiger charge is 2.20. The zero-order valence-electron chi connectivity index (χ0n) is 10.7. The first-order valence-electron chi connectivity index (χ1n) is 6.05. The fourth-order valence-corrected chi connectivity index (χ4v) is 2.75. The largest absolute Gasteiger partial charge is 0.492 e. The molecule has 0 atom stereocenters. The first-order valence-corrected chi connectivity index (χ1v) is 6.87. The van der Waals surface area contributed by atoms with Gasteiger partial charge in [0.1, 0.15) is 15.7 Å². The summed E-state index contributed by atoms with van der Waals surface area (Å²) in [5.74, 6) is -1.11. The van der Waals surface area contributed by atoms with Gasteiger partial charge in [0.2, 0.25) is 11.7 Å². The molecule has 2 aromatic heterocycles. The van der Waals surface area contributed by atoms with Gasteiger partial charge in [0.15, 0.2) is 0 Å². The monoisotopic (exact) mass is 300 g/mol. The van der Waals surface area contributed by atoms with E-state index < -0.39 is 5.82 Å². The number of carbonyl (C=O) groups excluding carboxylic acids is 1. The van der Waals surface area contributed by atoms with Gasteiger partial charge in [0.25, 0.3) is 0 Å². The molecule has 104 valence electrons. The molecule has 2 heterocycles. The molecule has 0 aliphatic carbocycles. The van der Waals surface area contributed by atoms with Crippen molar-refractivity contribution in [2.45, 2.75) is 0 Å². The third-order valence-corrected chi connectivity index (χ3v) is 3.90. The normalized spacial score (nSPS) is 10.5. The summed E-state index contributed by atoms with van der Waals surface area (Å²) in [5.41, 5.74) is 0.878. The van der Waals surface area contributed by atoms with Gasteiger partial charge in [-0.25, -0.2) is 9.37 Å². The number of aromatic nitrogens is 2. The van der Waals surface area contributed by atoms with Crippen LogP contribution in [0.3, 0.4) is 0 Å². The average molecular weight is 300 g/mol. The van der Waals surface area contributed by atoms with Crippen molar-refractivity contribution in [3.8, 4) is 16.5 Å². The maximum atomic E-state index is 13.2. The minimum absolute atomic E-state index is 0.113. The summed E-state index contributed by atoms with van der Waals surface area (Å²) in [6.45, 7) is 0. The van der Waals surface area contributed by atoms with Gasteiger partial charge in [-0.15, -0.1) is 11.3 Å². The van der Waals surface area contributed by atoms with Crippen LogP contribution in [0, 0.1) is 5.82 Å². The number of hydrogen-bond acceptors (Lipinski definition) is 5. The van der Waals surface area contributed by atoms with Crippen molar-refractivity contribution in [1.82, 2.24) is 9.97 Å². The van der Waals surface area contributed by atoms with Crippen LogP contribution in [-0.4, -0.2) is 20.9 Å². The molecule has 1 aromatic carbocycles.